The monoisotopic (exact) mass is 776 g/mol. The van der Waals surface area contributed by atoms with E-state index in [1.54, 1.807) is 0 Å². The Labute approximate surface area is 309 Å². The average Bonchev–Trinajstić information content (AvgIpc) is 3.14. The SMILES string of the molecule is O=C(O)c1ccc([N+](=O)[O-])cc1[C@@H]1[C@H](c2cc([N+](=O)[O-])ccc2C(=O)O)[C@H](c2cc([N+](=O)[O-])ccc2C(=O)O)[C@H](O)[C@H](O)[C@@H]1c1cc([N+](=O)[O-])ccc1C(=O)O. The molecule has 5 rings (SSSR count). The standard InChI is InChI=1S/C34H24N4O18/c39-29-27(23-11-15(37(53)54)3-7-19(23)33(45)46)25(21-9-13(35(49)50)1-5-17(21)31(41)42)26(22-10-14(36(51)52)2-6-18(22)32(43)44)28(30(29)40)24-12-16(38(55)56)4-8-20(24)34(47)48/h1-12,25-30,39-40H,(H,41,42)(H,43,44)(H,45,46)(H,47,48)/t25-,26+,27-,28+,29-,30+. The summed E-state index contributed by atoms with van der Waals surface area (Å²) in [4.78, 5) is 95.1. The van der Waals surface area contributed by atoms with Crippen molar-refractivity contribution in [1.29, 1.82) is 0 Å². The first-order valence-corrected chi connectivity index (χ1v) is 15.7. The third-order valence-corrected chi connectivity index (χ3v) is 9.59. The number of non-ortho nitro benzene ring substituents is 4. The van der Waals surface area contributed by atoms with E-state index in [1.807, 2.05) is 0 Å². The van der Waals surface area contributed by atoms with Gasteiger partial charge in [0.1, 0.15) is 0 Å². The lowest BCUT2D eigenvalue weighted by Crippen LogP contribution is -2.49. The van der Waals surface area contributed by atoms with Gasteiger partial charge < -0.3 is 30.6 Å². The largest absolute Gasteiger partial charge is 0.478 e. The van der Waals surface area contributed by atoms with Gasteiger partial charge in [-0.15, -0.1) is 0 Å². The number of carboxylic acid groups (broad SMARTS) is 4. The number of benzene rings is 4. The molecule has 22 heteroatoms. The van der Waals surface area contributed by atoms with Crippen LogP contribution in [0.4, 0.5) is 22.7 Å². The zero-order chi connectivity index (χ0) is 41.5. The van der Waals surface area contributed by atoms with Gasteiger partial charge in [-0.1, -0.05) is 0 Å². The fraction of sp³-hybridized carbons (Fsp3) is 0.176. The van der Waals surface area contributed by atoms with Gasteiger partial charge in [-0.25, -0.2) is 19.2 Å². The Morgan fingerprint density at radius 1 is 0.393 bits per heavy atom. The van der Waals surface area contributed by atoms with E-state index in [9.17, 15) is 90.3 Å². The lowest BCUT2D eigenvalue weighted by atomic mass is 9.55. The summed E-state index contributed by atoms with van der Waals surface area (Å²) in [5.74, 6) is -15.8. The second-order valence-electron chi connectivity index (χ2n) is 12.4. The zero-order valence-corrected chi connectivity index (χ0v) is 27.8. The average molecular weight is 777 g/mol. The van der Waals surface area contributed by atoms with E-state index < -0.39 is 147 Å². The Bertz CT molecular complexity index is 2230. The number of nitrogens with zero attached hydrogens (tertiary/aromatic N) is 4. The molecule has 1 aliphatic carbocycles. The number of hydrogen-bond donors (Lipinski definition) is 6. The predicted molar refractivity (Wildman–Crippen MR) is 183 cm³/mol. The van der Waals surface area contributed by atoms with Gasteiger partial charge in [-0.05, 0) is 46.5 Å². The summed E-state index contributed by atoms with van der Waals surface area (Å²) in [6.45, 7) is 0. The van der Waals surface area contributed by atoms with Crippen molar-refractivity contribution in [3.05, 3.63) is 158 Å². The number of carbonyl (C=O) groups is 4. The van der Waals surface area contributed by atoms with Crippen molar-refractivity contribution >= 4 is 46.6 Å². The van der Waals surface area contributed by atoms with Crippen molar-refractivity contribution < 1.29 is 69.5 Å². The predicted octanol–water partition coefficient (Wildman–Crippen LogP) is 4.28. The van der Waals surface area contributed by atoms with Crippen LogP contribution in [-0.4, -0.2) is 86.4 Å². The van der Waals surface area contributed by atoms with Gasteiger partial charge in [0.2, 0.25) is 0 Å². The zero-order valence-electron chi connectivity index (χ0n) is 27.8. The van der Waals surface area contributed by atoms with E-state index in [2.05, 4.69) is 0 Å². The number of aliphatic hydroxyl groups excluding tert-OH is 2. The molecule has 0 aliphatic heterocycles. The van der Waals surface area contributed by atoms with Crippen molar-refractivity contribution in [2.45, 2.75) is 35.9 Å². The Morgan fingerprint density at radius 3 is 0.768 bits per heavy atom. The van der Waals surface area contributed by atoms with Crippen molar-refractivity contribution in [3.63, 3.8) is 0 Å². The molecular weight excluding hydrogens is 752 g/mol. The lowest BCUT2D eigenvalue weighted by Gasteiger charge is -2.50. The van der Waals surface area contributed by atoms with Crippen molar-refractivity contribution in [2.24, 2.45) is 0 Å². The number of rotatable bonds is 12. The van der Waals surface area contributed by atoms with Crippen LogP contribution < -0.4 is 0 Å². The van der Waals surface area contributed by atoms with Gasteiger partial charge in [0.15, 0.2) is 0 Å². The van der Waals surface area contributed by atoms with Gasteiger partial charge in [0.25, 0.3) is 22.7 Å². The molecule has 4 aromatic rings. The first kappa shape index (κ1) is 39.5. The van der Waals surface area contributed by atoms with Crippen molar-refractivity contribution in [1.82, 2.24) is 0 Å². The minimum absolute atomic E-state index is 0.633. The summed E-state index contributed by atoms with van der Waals surface area (Å²) >= 11 is 0. The normalized spacial score (nSPS) is 20.4. The summed E-state index contributed by atoms with van der Waals surface area (Å²) in [7, 11) is 0. The molecule has 0 saturated heterocycles. The summed E-state index contributed by atoms with van der Waals surface area (Å²) in [6, 6.07) is 8.36. The summed E-state index contributed by atoms with van der Waals surface area (Å²) in [5.41, 5.74) is -9.50. The Hall–Kier alpha value is -7.72. The second kappa shape index (κ2) is 15.0. The highest BCUT2D eigenvalue weighted by molar-refractivity contribution is 5.93. The molecule has 0 heterocycles. The molecule has 0 aromatic heterocycles. The van der Waals surface area contributed by atoms with Crippen molar-refractivity contribution in [2.75, 3.05) is 0 Å². The minimum Gasteiger partial charge on any atom is -0.478 e. The Morgan fingerprint density at radius 2 is 0.589 bits per heavy atom. The Balaban J connectivity index is 2.11. The van der Waals surface area contributed by atoms with Gasteiger partial charge in [0.05, 0.1) is 54.2 Å². The molecule has 0 bridgehead atoms. The molecule has 1 fully saturated rings. The lowest BCUT2D eigenvalue weighted by molar-refractivity contribution is -0.385. The van der Waals surface area contributed by atoms with Crippen LogP contribution in [-0.2, 0) is 0 Å². The van der Waals surface area contributed by atoms with E-state index in [-0.39, 0.29) is 0 Å². The van der Waals surface area contributed by atoms with Crippen LogP contribution in [0.5, 0.6) is 0 Å². The van der Waals surface area contributed by atoms with E-state index in [0.717, 1.165) is 36.4 Å². The van der Waals surface area contributed by atoms with Crippen LogP contribution in [0.3, 0.4) is 0 Å². The molecule has 288 valence electrons. The molecule has 6 N–H and O–H groups in total. The number of nitro groups is 4. The third kappa shape index (κ3) is 7.02. The molecule has 4 aromatic carbocycles. The maximum absolute atomic E-state index is 12.8. The summed E-state index contributed by atoms with van der Waals surface area (Å²) in [5, 5.41) is 114. The number of aliphatic hydroxyl groups is 2. The quantitative estimate of drug-likeness (QED) is 0.0863. The molecular formula is C34H24N4O18. The maximum Gasteiger partial charge on any atom is 0.335 e. The van der Waals surface area contributed by atoms with Gasteiger partial charge in [0, 0.05) is 72.2 Å². The topological polar surface area (TPSA) is 362 Å². The van der Waals surface area contributed by atoms with Gasteiger partial charge >= 0.3 is 23.9 Å². The molecule has 0 spiro atoms. The molecule has 6 atom stereocenters. The van der Waals surface area contributed by atoms with E-state index in [4.69, 9.17) is 0 Å². The third-order valence-electron chi connectivity index (χ3n) is 9.59. The fourth-order valence-electron chi connectivity index (χ4n) is 7.36. The highest BCUT2D eigenvalue weighted by Crippen LogP contribution is 2.60. The van der Waals surface area contributed by atoms with Crippen LogP contribution >= 0.6 is 0 Å². The van der Waals surface area contributed by atoms with Gasteiger partial charge in [-0.2, -0.15) is 0 Å². The van der Waals surface area contributed by atoms with Crippen LogP contribution in [0.1, 0.15) is 87.4 Å². The number of nitro benzene ring substituents is 4. The fourth-order valence-corrected chi connectivity index (χ4v) is 7.36. The van der Waals surface area contributed by atoms with E-state index in [0.29, 0.717) is 36.4 Å². The molecule has 0 unspecified atom stereocenters. The molecule has 56 heavy (non-hydrogen) atoms. The van der Waals surface area contributed by atoms with Crippen LogP contribution in [0.2, 0.25) is 0 Å². The highest BCUT2D eigenvalue weighted by Gasteiger charge is 2.55. The van der Waals surface area contributed by atoms with Gasteiger partial charge in [-0.3, -0.25) is 40.5 Å². The highest BCUT2D eigenvalue weighted by atomic mass is 16.6. The number of carboxylic acids is 4. The molecule has 22 nitrogen and oxygen atoms in total. The van der Waals surface area contributed by atoms with Crippen molar-refractivity contribution in [3.8, 4) is 0 Å². The van der Waals surface area contributed by atoms with E-state index >= 15 is 0 Å². The maximum atomic E-state index is 12.8. The minimum atomic E-state index is -2.48. The number of hydrogen-bond acceptors (Lipinski definition) is 14. The molecule has 0 radical (unpaired) electrons. The Kier molecular flexibility index (Phi) is 10.5. The van der Waals surface area contributed by atoms with Crippen LogP contribution in [0, 0.1) is 40.5 Å². The van der Waals surface area contributed by atoms with E-state index in [1.165, 1.54) is 0 Å². The molecule has 1 saturated carbocycles. The summed E-state index contributed by atoms with van der Waals surface area (Å²) < 4.78 is 0. The van der Waals surface area contributed by atoms with Crippen LogP contribution in [0.15, 0.2) is 72.8 Å². The summed E-state index contributed by atoms with van der Waals surface area (Å²) in [6.07, 6.45) is -4.95. The second-order valence-corrected chi connectivity index (χ2v) is 12.4. The smallest absolute Gasteiger partial charge is 0.335 e. The first-order chi connectivity index (χ1) is 26.3. The van der Waals surface area contributed by atoms with Crippen LogP contribution in [0.25, 0.3) is 0 Å². The molecule has 0 amide bonds. The number of aromatic carboxylic acids is 4. The molecule has 1 aliphatic rings. The first-order valence-electron chi connectivity index (χ1n) is 15.7.